The fourth-order valence-electron chi connectivity index (χ4n) is 4.15. The van der Waals surface area contributed by atoms with Crippen molar-refractivity contribution >= 4 is 39.7 Å². The van der Waals surface area contributed by atoms with Crippen molar-refractivity contribution in [2.75, 3.05) is 16.8 Å². The number of ketones is 1. The number of benzene rings is 3. The van der Waals surface area contributed by atoms with Gasteiger partial charge in [0.05, 0.1) is 10.7 Å². The van der Waals surface area contributed by atoms with Gasteiger partial charge in [-0.25, -0.2) is 0 Å². The highest BCUT2D eigenvalue weighted by molar-refractivity contribution is 8.00. The molecule has 0 aliphatic carbocycles. The van der Waals surface area contributed by atoms with Crippen LogP contribution in [-0.4, -0.2) is 22.2 Å². The molecule has 2 aliphatic heterocycles. The molecule has 5 rings (SSSR count). The number of rotatable bonds is 2. The summed E-state index contributed by atoms with van der Waals surface area (Å²) in [6, 6.07) is 18.9. The van der Waals surface area contributed by atoms with Crippen molar-refractivity contribution in [3.8, 4) is 0 Å². The number of thioether (sulfide) groups is 1. The molecule has 0 radical (unpaired) electrons. The standard InChI is InChI=1S/C22H16N2O3S/c25-19-12-28-11-18-22(19)20(14-5-8-15(9-6-14)24(26)27)21-16-4-2-1-3-13(16)7-10-17(21)23-18/h1-10,20,23H,11-12H2. The van der Waals surface area contributed by atoms with Gasteiger partial charge in [-0.05, 0) is 28.0 Å². The Morgan fingerprint density at radius 3 is 2.57 bits per heavy atom. The Bertz CT molecular complexity index is 1170. The first-order chi connectivity index (χ1) is 13.6. The number of anilines is 1. The van der Waals surface area contributed by atoms with Crippen LogP contribution in [0.2, 0.25) is 0 Å². The quantitative estimate of drug-likeness (QED) is 0.501. The van der Waals surface area contributed by atoms with Crippen LogP contribution in [0.1, 0.15) is 17.0 Å². The first kappa shape index (κ1) is 17.0. The minimum atomic E-state index is -0.400. The summed E-state index contributed by atoms with van der Waals surface area (Å²) in [5, 5.41) is 16.8. The monoisotopic (exact) mass is 388 g/mol. The summed E-state index contributed by atoms with van der Waals surface area (Å²) in [7, 11) is 0. The maximum Gasteiger partial charge on any atom is 0.269 e. The Kier molecular flexibility index (Phi) is 3.94. The highest BCUT2D eigenvalue weighted by Crippen LogP contribution is 2.47. The van der Waals surface area contributed by atoms with Crippen LogP contribution in [0.15, 0.2) is 71.9 Å². The number of hydrogen-bond acceptors (Lipinski definition) is 5. The molecule has 0 fully saturated rings. The highest BCUT2D eigenvalue weighted by atomic mass is 32.2. The van der Waals surface area contributed by atoms with Gasteiger partial charge in [0.2, 0.25) is 0 Å². The molecule has 0 amide bonds. The van der Waals surface area contributed by atoms with Gasteiger partial charge in [-0.15, -0.1) is 11.8 Å². The van der Waals surface area contributed by atoms with Crippen LogP contribution in [0.5, 0.6) is 0 Å². The summed E-state index contributed by atoms with van der Waals surface area (Å²) < 4.78 is 0. The molecule has 0 spiro atoms. The van der Waals surface area contributed by atoms with Gasteiger partial charge in [0.1, 0.15) is 0 Å². The van der Waals surface area contributed by atoms with E-state index in [2.05, 4.69) is 29.6 Å². The van der Waals surface area contributed by atoms with Crippen LogP contribution in [0.4, 0.5) is 11.4 Å². The van der Waals surface area contributed by atoms with E-state index in [1.165, 1.54) is 12.1 Å². The number of fused-ring (bicyclic) bond motifs is 3. The number of non-ortho nitro benzene ring substituents is 1. The van der Waals surface area contributed by atoms with Gasteiger partial charge in [0, 0.05) is 40.8 Å². The summed E-state index contributed by atoms with van der Waals surface area (Å²) in [6.07, 6.45) is 0. The number of nitro groups is 1. The van der Waals surface area contributed by atoms with Crippen molar-refractivity contribution in [2.24, 2.45) is 0 Å². The zero-order chi connectivity index (χ0) is 19.3. The van der Waals surface area contributed by atoms with Crippen LogP contribution < -0.4 is 5.32 Å². The molecule has 28 heavy (non-hydrogen) atoms. The van der Waals surface area contributed by atoms with Crippen LogP contribution >= 0.6 is 11.8 Å². The number of Topliss-reactive ketones (excluding diaryl/α,β-unsaturated/α-hetero) is 1. The van der Waals surface area contributed by atoms with Crippen LogP contribution in [0.3, 0.4) is 0 Å². The number of hydrogen-bond donors (Lipinski definition) is 1. The van der Waals surface area contributed by atoms with Gasteiger partial charge < -0.3 is 5.32 Å². The smallest absolute Gasteiger partial charge is 0.269 e. The molecular formula is C22H16N2O3S. The Balaban J connectivity index is 1.78. The Morgan fingerprint density at radius 2 is 1.79 bits per heavy atom. The van der Waals surface area contributed by atoms with Crippen LogP contribution in [-0.2, 0) is 4.79 Å². The van der Waals surface area contributed by atoms with Crippen molar-refractivity contribution in [2.45, 2.75) is 5.92 Å². The van der Waals surface area contributed by atoms with Crippen LogP contribution in [0.25, 0.3) is 10.8 Å². The lowest BCUT2D eigenvalue weighted by Gasteiger charge is -2.34. The van der Waals surface area contributed by atoms with Gasteiger partial charge in [0.25, 0.3) is 5.69 Å². The normalized spacial score (nSPS) is 18.4. The third-order valence-electron chi connectivity index (χ3n) is 5.38. The SMILES string of the molecule is O=C1CSCC2=C1C(c1ccc([N+](=O)[O-])cc1)c1c(ccc3ccccc13)N2. The molecule has 6 heteroatoms. The predicted octanol–water partition coefficient (Wildman–Crippen LogP) is 4.88. The average molecular weight is 388 g/mol. The summed E-state index contributed by atoms with van der Waals surface area (Å²) in [5.74, 6) is 1.12. The Labute approximate surface area is 165 Å². The summed E-state index contributed by atoms with van der Waals surface area (Å²) >= 11 is 1.61. The molecule has 2 heterocycles. The molecule has 1 N–H and O–H groups in total. The van der Waals surface area contributed by atoms with E-state index < -0.39 is 4.92 Å². The molecule has 3 aromatic rings. The van der Waals surface area contributed by atoms with Gasteiger partial charge in [0.15, 0.2) is 5.78 Å². The van der Waals surface area contributed by atoms with Gasteiger partial charge in [-0.1, -0.05) is 42.5 Å². The fraction of sp³-hybridized carbons (Fsp3) is 0.136. The minimum Gasteiger partial charge on any atom is -0.358 e. The van der Waals surface area contributed by atoms with Crippen LogP contribution in [0, 0.1) is 10.1 Å². The lowest BCUT2D eigenvalue weighted by atomic mass is 9.77. The fourth-order valence-corrected chi connectivity index (χ4v) is 5.03. The number of carbonyl (C=O) groups is 1. The maximum atomic E-state index is 12.9. The summed E-state index contributed by atoms with van der Waals surface area (Å²) in [5.41, 5.74) is 4.75. The summed E-state index contributed by atoms with van der Waals surface area (Å²) in [4.78, 5) is 23.6. The largest absolute Gasteiger partial charge is 0.358 e. The van der Waals surface area contributed by atoms with E-state index in [-0.39, 0.29) is 17.4 Å². The van der Waals surface area contributed by atoms with E-state index in [1.807, 2.05) is 12.1 Å². The second-order valence-corrected chi connectivity index (χ2v) is 7.95. The van der Waals surface area contributed by atoms with E-state index in [1.54, 1.807) is 23.9 Å². The molecule has 0 aromatic heterocycles. The zero-order valence-corrected chi connectivity index (χ0v) is 15.7. The average Bonchev–Trinajstić information content (AvgIpc) is 2.72. The summed E-state index contributed by atoms with van der Waals surface area (Å²) in [6.45, 7) is 0. The van der Waals surface area contributed by atoms with Crippen molar-refractivity contribution in [1.29, 1.82) is 0 Å². The number of nitrogens with zero attached hydrogens (tertiary/aromatic N) is 1. The van der Waals surface area contributed by atoms with Crippen molar-refractivity contribution in [3.05, 3.63) is 93.2 Å². The number of nitrogens with one attached hydrogen (secondary N) is 1. The molecule has 1 atom stereocenters. The molecular weight excluding hydrogens is 372 g/mol. The van der Waals surface area contributed by atoms with Gasteiger partial charge in [-0.2, -0.15) is 0 Å². The lowest BCUT2D eigenvalue weighted by Crippen LogP contribution is -2.29. The molecule has 5 nitrogen and oxygen atoms in total. The zero-order valence-electron chi connectivity index (χ0n) is 14.8. The second-order valence-electron chi connectivity index (χ2n) is 6.96. The van der Waals surface area contributed by atoms with Gasteiger partial charge >= 0.3 is 0 Å². The first-order valence-electron chi connectivity index (χ1n) is 9.00. The second kappa shape index (κ2) is 6.49. The van der Waals surface area contributed by atoms with E-state index >= 15 is 0 Å². The third kappa shape index (κ3) is 2.60. The number of nitro benzene ring substituents is 1. The van der Waals surface area contributed by atoms with Gasteiger partial charge in [-0.3, -0.25) is 14.9 Å². The Hall–Kier alpha value is -3.12. The molecule has 1 unspecified atom stereocenters. The highest BCUT2D eigenvalue weighted by Gasteiger charge is 2.36. The van der Waals surface area contributed by atoms with Crippen molar-refractivity contribution < 1.29 is 9.72 Å². The van der Waals surface area contributed by atoms with Crippen molar-refractivity contribution in [1.82, 2.24) is 0 Å². The van der Waals surface area contributed by atoms with Crippen molar-refractivity contribution in [3.63, 3.8) is 0 Å². The molecule has 0 saturated heterocycles. The minimum absolute atomic E-state index is 0.0514. The molecule has 0 bridgehead atoms. The predicted molar refractivity (Wildman–Crippen MR) is 112 cm³/mol. The van der Waals surface area contributed by atoms with E-state index in [4.69, 9.17) is 0 Å². The van der Waals surface area contributed by atoms with E-state index in [9.17, 15) is 14.9 Å². The first-order valence-corrected chi connectivity index (χ1v) is 10.2. The molecule has 2 aliphatic rings. The number of allylic oxidation sites excluding steroid dienone is 1. The van der Waals surface area contributed by atoms with E-state index in [0.717, 1.165) is 44.6 Å². The topological polar surface area (TPSA) is 72.2 Å². The number of carbonyl (C=O) groups excluding carboxylic acids is 1. The lowest BCUT2D eigenvalue weighted by molar-refractivity contribution is -0.384. The third-order valence-corrected chi connectivity index (χ3v) is 6.34. The Morgan fingerprint density at radius 1 is 1.00 bits per heavy atom. The molecule has 0 saturated carbocycles. The molecule has 3 aromatic carbocycles. The maximum absolute atomic E-state index is 12.9. The van der Waals surface area contributed by atoms with E-state index in [0.29, 0.717) is 5.75 Å². The molecule has 138 valence electrons.